The van der Waals surface area contributed by atoms with Crippen molar-refractivity contribution in [3.8, 4) is 0 Å². The van der Waals surface area contributed by atoms with Gasteiger partial charge in [0.05, 0.1) is 5.69 Å². The summed E-state index contributed by atoms with van der Waals surface area (Å²) in [6.45, 7) is 7.21. The van der Waals surface area contributed by atoms with Crippen LogP contribution < -0.4 is 10.6 Å². The lowest BCUT2D eigenvalue weighted by Gasteiger charge is -2.28. The van der Waals surface area contributed by atoms with Crippen LogP contribution in [0.15, 0.2) is 18.5 Å². The van der Waals surface area contributed by atoms with Crippen LogP contribution in [0.2, 0.25) is 0 Å². The number of rotatable bonds is 4. The highest BCUT2D eigenvalue weighted by molar-refractivity contribution is 5.69. The molecule has 0 amide bonds. The first-order chi connectivity index (χ1) is 9.91. The summed E-state index contributed by atoms with van der Waals surface area (Å²) in [4.78, 5) is 6.83. The summed E-state index contributed by atoms with van der Waals surface area (Å²) in [6, 6.07) is 2.52. The van der Waals surface area contributed by atoms with Crippen LogP contribution in [0.1, 0.15) is 39.3 Å². The first kappa shape index (κ1) is 14.3. The molecule has 1 unspecified atom stereocenters. The van der Waals surface area contributed by atoms with Gasteiger partial charge in [-0.25, -0.2) is 9.50 Å². The van der Waals surface area contributed by atoms with E-state index in [4.69, 9.17) is 10.8 Å². The normalized spacial score (nSPS) is 17.2. The molecule has 2 heterocycles. The second-order valence-electron chi connectivity index (χ2n) is 7.11. The van der Waals surface area contributed by atoms with Crippen molar-refractivity contribution < 1.29 is 0 Å². The second kappa shape index (κ2) is 4.98. The summed E-state index contributed by atoms with van der Waals surface area (Å²) in [5.41, 5.74) is 8.16. The minimum Gasteiger partial charge on any atom is -0.353 e. The van der Waals surface area contributed by atoms with Gasteiger partial charge in [0.15, 0.2) is 5.82 Å². The first-order valence-corrected chi connectivity index (χ1v) is 7.69. The molecule has 0 bridgehead atoms. The number of fused-ring (bicyclic) bond motifs is 1. The molecule has 21 heavy (non-hydrogen) atoms. The van der Waals surface area contributed by atoms with Crippen molar-refractivity contribution in [3.63, 3.8) is 0 Å². The summed E-state index contributed by atoms with van der Waals surface area (Å²) in [6.07, 6.45) is 6.29. The fourth-order valence-corrected chi connectivity index (χ4v) is 2.85. The largest absolute Gasteiger partial charge is 0.353 e. The van der Waals surface area contributed by atoms with E-state index < -0.39 is 0 Å². The number of hydrogen-bond donors (Lipinski definition) is 1. The number of anilines is 1. The van der Waals surface area contributed by atoms with Crippen LogP contribution in [-0.2, 0) is 5.41 Å². The van der Waals surface area contributed by atoms with Crippen LogP contribution in [-0.4, -0.2) is 34.2 Å². The Kier molecular flexibility index (Phi) is 3.40. The van der Waals surface area contributed by atoms with Gasteiger partial charge in [-0.1, -0.05) is 20.8 Å². The fraction of sp³-hybridized carbons (Fsp3) is 0.625. The molecule has 2 N–H and O–H groups in total. The van der Waals surface area contributed by atoms with Crippen molar-refractivity contribution >= 4 is 11.3 Å². The topological polar surface area (TPSA) is 59.5 Å². The Balaban J connectivity index is 2.03. The standard InChI is InChI=1S/C16H25N5/c1-16(2,3)14-9-12-15(18-7-8-21(12)19-14)20(4)13(10-17)11-5-6-11/h7-9,11,13H,5-6,10,17H2,1-4H3. The Morgan fingerprint density at radius 1 is 1.43 bits per heavy atom. The predicted octanol–water partition coefficient (Wildman–Crippen LogP) is 2.20. The molecule has 0 spiro atoms. The average molecular weight is 287 g/mol. The van der Waals surface area contributed by atoms with Crippen molar-refractivity contribution in [1.29, 1.82) is 0 Å². The Morgan fingerprint density at radius 3 is 2.71 bits per heavy atom. The minimum absolute atomic E-state index is 0.0334. The highest BCUT2D eigenvalue weighted by Crippen LogP contribution is 2.36. The smallest absolute Gasteiger partial charge is 0.154 e. The zero-order chi connectivity index (χ0) is 15.2. The fourth-order valence-electron chi connectivity index (χ4n) is 2.85. The van der Waals surface area contributed by atoms with E-state index in [1.165, 1.54) is 12.8 Å². The van der Waals surface area contributed by atoms with Gasteiger partial charge in [0, 0.05) is 37.4 Å². The second-order valence-corrected chi connectivity index (χ2v) is 7.11. The molecule has 2 aromatic heterocycles. The Hall–Kier alpha value is -1.62. The summed E-state index contributed by atoms with van der Waals surface area (Å²) < 4.78 is 1.93. The Labute approximate surface area is 126 Å². The van der Waals surface area contributed by atoms with Gasteiger partial charge in [-0.3, -0.25) is 0 Å². The maximum Gasteiger partial charge on any atom is 0.154 e. The van der Waals surface area contributed by atoms with Gasteiger partial charge >= 0.3 is 0 Å². The third-order valence-corrected chi connectivity index (χ3v) is 4.38. The summed E-state index contributed by atoms with van der Waals surface area (Å²) in [5.74, 6) is 1.69. The van der Waals surface area contributed by atoms with Gasteiger partial charge in [-0.05, 0) is 24.8 Å². The van der Waals surface area contributed by atoms with Gasteiger partial charge in [0.1, 0.15) is 5.52 Å². The molecule has 114 valence electrons. The molecule has 5 nitrogen and oxygen atoms in total. The van der Waals surface area contributed by atoms with E-state index >= 15 is 0 Å². The molecule has 3 rings (SSSR count). The van der Waals surface area contributed by atoms with Gasteiger partial charge in [-0.15, -0.1) is 0 Å². The van der Waals surface area contributed by atoms with Crippen LogP contribution in [0, 0.1) is 5.92 Å². The van der Waals surface area contributed by atoms with E-state index in [0.29, 0.717) is 18.5 Å². The van der Waals surface area contributed by atoms with E-state index in [2.05, 4.69) is 43.8 Å². The van der Waals surface area contributed by atoms with Gasteiger partial charge in [-0.2, -0.15) is 5.10 Å². The van der Waals surface area contributed by atoms with Crippen LogP contribution in [0.4, 0.5) is 5.82 Å². The number of hydrogen-bond acceptors (Lipinski definition) is 4. The van der Waals surface area contributed by atoms with E-state index in [1.807, 2.05) is 16.9 Å². The third-order valence-electron chi connectivity index (χ3n) is 4.38. The number of nitrogens with zero attached hydrogens (tertiary/aromatic N) is 4. The van der Waals surface area contributed by atoms with E-state index in [-0.39, 0.29) is 5.41 Å². The summed E-state index contributed by atoms with van der Waals surface area (Å²) >= 11 is 0. The minimum atomic E-state index is 0.0334. The molecule has 1 aliphatic carbocycles. The molecular weight excluding hydrogens is 262 g/mol. The molecule has 2 aromatic rings. The average Bonchev–Trinajstić information content (AvgIpc) is 3.14. The molecule has 5 heteroatoms. The van der Waals surface area contributed by atoms with Crippen molar-refractivity contribution in [2.45, 2.75) is 45.1 Å². The molecule has 0 aromatic carbocycles. The number of aromatic nitrogens is 3. The summed E-state index contributed by atoms with van der Waals surface area (Å²) in [7, 11) is 2.10. The van der Waals surface area contributed by atoms with E-state index in [0.717, 1.165) is 17.0 Å². The lowest BCUT2D eigenvalue weighted by Crippen LogP contribution is -2.40. The number of likely N-dealkylation sites (N-methyl/N-ethyl adjacent to an activating group) is 1. The van der Waals surface area contributed by atoms with Crippen molar-refractivity contribution in [1.82, 2.24) is 14.6 Å². The molecule has 1 saturated carbocycles. The van der Waals surface area contributed by atoms with Crippen LogP contribution in [0.5, 0.6) is 0 Å². The number of nitrogens with two attached hydrogens (primary N) is 1. The maximum absolute atomic E-state index is 5.98. The van der Waals surface area contributed by atoms with Gasteiger partial charge in [0.2, 0.25) is 0 Å². The lowest BCUT2D eigenvalue weighted by atomic mass is 9.92. The zero-order valence-electron chi connectivity index (χ0n) is 13.4. The molecule has 0 radical (unpaired) electrons. The molecule has 1 atom stereocenters. The summed E-state index contributed by atoms with van der Waals surface area (Å²) in [5, 5.41) is 4.69. The highest BCUT2D eigenvalue weighted by atomic mass is 15.3. The third kappa shape index (κ3) is 2.62. The predicted molar refractivity (Wildman–Crippen MR) is 85.7 cm³/mol. The van der Waals surface area contributed by atoms with Crippen molar-refractivity contribution in [3.05, 3.63) is 24.2 Å². The Bertz CT molecular complexity index is 636. The van der Waals surface area contributed by atoms with Gasteiger partial charge < -0.3 is 10.6 Å². The SMILES string of the molecule is CN(c1nccn2nc(C(C)(C)C)cc12)C(CN)C1CC1. The molecule has 0 aliphatic heterocycles. The van der Waals surface area contributed by atoms with E-state index in [9.17, 15) is 0 Å². The molecule has 1 aliphatic rings. The molecule has 0 saturated heterocycles. The molecule has 1 fully saturated rings. The quantitative estimate of drug-likeness (QED) is 0.936. The monoisotopic (exact) mass is 287 g/mol. The van der Waals surface area contributed by atoms with E-state index in [1.54, 1.807) is 0 Å². The molecular formula is C16H25N5. The van der Waals surface area contributed by atoms with Crippen molar-refractivity contribution in [2.75, 3.05) is 18.5 Å². The Morgan fingerprint density at radius 2 is 2.14 bits per heavy atom. The highest BCUT2D eigenvalue weighted by Gasteiger charge is 2.34. The van der Waals surface area contributed by atoms with Gasteiger partial charge in [0.25, 0.3) is 0 Å². The zero-order valence-corrected chi connectivity index (χ0v) is 13.4. The maximum atomic E-state index is 5.98. The van der Waals surface area contributed by atoms with Crippen LogP contribution >= 0.6 is 0 Å². The first-order valence-electron chi connectivity index (χ1n) is 7.69. The van der Waals surface area contributed by atoms with Crippen molar-refractivity contribution in [2.24, 2.45) is 11.7 Å². The lowest BCUT2D eigenvalue weighted by molar-refractivity contribution is 0.561. The van der Waals surface area contributed by atoms with Crippen LogP contribution in [0.25, 0.3) is 5.52 Å². The van der Waals surface area contributed by atoms with Crippen LogP contribution in [0.3, 0.4) is 0 Å².